The molecular weight excluding hydrogens is 366 g/mol. The summed E-state index contributed by atoms with van der Waals surface area (Å²) in [6, 6.07) is 6.17. The lowest BCUT2D eigenvalue weighted by atomic mass is 10.1. The second kappa shape index (κ2) is 6.58. The lowest BCUT2D eigenvalue weighted by Gasteiger charge is -2.06. The van der Waals surface area contributed by atoms with Crippen molar-refractivity contribution in [2.45, 2.75) is 27.4 Å². The summed E-state index contributed by atoms with van der Waals surface area (Å²) in [7, 11) is 1.66. The SMILES string of the molecule is COCc1cnc2c(-c3nc4c(C)c(C)c(Cl)cc4s3)cc(C)cc2n1. The highest BCUT2D eigenvalue weighted by atomic mass is 35.5. The summed E-state index contributed by atoms with van der Waals surface area (Å²) in [5.74, 6) is 0. The molecule has 0 N–H and O–H groups in total. The van der Waals surface area contributed by atoms with E-state index in [0.29, 0.717) is 6.61 Å². The maximum atomic E-state index is 6.36. The summed E-state index contributed by atoms with van der Waals surface area (Å²) in [6.07, 6.45) is 1.77. The molecule has 2 heterocycles. The normalized spacial score (nSPS) is 11.6. The summed E-state index contributed by atoms with van der Waals surface area (Å²) >= 11 is 8.00. The summed E-state index contributed by atoms with van der Waals surface area (Å²) in [5, 5.41) is 1.72. The van der Waals surface area contributed by atoms with Crippen molar-refractivity contribution in [2.75, 3.05) is 7.11 Å². The summed E-state index contributed by atoms with van der Waals surface area (Å²) < 4.78 is 6.26. The maximum Gasteiger partial charge on any atom is 0.126 e. The number of fused-ring (bicyclic) bond motifs is 2. The monoisotopic (exact) mass is 383 g/mol. The molecule has 26 heavy (non-hydrogen) atoms. The first-order chi connectivity index (χ1) is 12.5. The average molecular weight is 384 g/mol. The van der Waals surface area contributed by atoms with Crippen LogP contribution in [0.25, 0.3) is 31.8 Å². The fraction of sp³-hybridized carbons (Fsp3) is 0.250. The molecule has 0 bridgehead atoms. The van der Waals surface area contributed by atoms with E-state index in [4.69, 9.17) is 21.3 Å². The van der Waals surface area contributed by atoms with Crippen molar-refractivity contribution in [1.29, 1.82) is 0 Å². The second-order valence-electron chi connectivity index (χ2n) is 6.45. The third kappa shape index (κ3) is 2.86. The maximum absolute atomic E-state index is 6.36. The molecule has 0 saturated heterocycles. The van der Waals surface area contributed by atoms with Crippen molar-refractivity contribution in [3.63, 3.8) is 0 Å². The van der Waals surface area contributed by atoms with Gasteiger partial charge in [0.1, 0.15) is 5.01 Å². The smallest absolute Gasteiger partial charge is 0.126 e. The van der Waals surface area contributed by atoms with E-state index in [1.807, 2.05) is 19.1 Å². The van der Waals surface area contributed by atoms with E-state index in [2.05, 4.69) is 29.9 Å². The number of ether oxygens (including phenoxy) is 1. The van der Waals surface area contributed by atoms with Gasteiger partial charge in [-0.1, -0.05) is 11.6 Å². The first-order valence-corrected chi connectivity index (χ1v) is 9.49. The molecule has 0 aliphatic carbocycles. The van der Waals surface area contributed by atoms with Crippen LogP contribution in [0, 0.1) is 20.8 Å². The van der Waals surface area contributed by atoms with E-state index in [9.17, 15) is 0 Å². The third-order valence-corrected chi connectivity index (χ3v) is 5.98. The summed E-state index contributed by atoms with van der Waals surface area (Å²) in [4.78, 5) is 14.2. The van der Waals surface area contributed by atoms with E-state index < -0.39 is 0 Å². The predicted octanol–water partition coefficient (Wildman–Crippen LogP) is 5.63. The number of hydrogen-bond acceptors (Lipinski definition) is 5. The second-order valence-corrected chi connectivity index (χ2v) is 7.89. The molecule has 6 heteroatoms. The van der Waals surface area contributed by atoms with Gasteiger partial charge in [-0.05, 0) is 55.7 Å². The molecular formula is C20H18ClN3OS. The Kier molecular flexibility index (Phi) is 4.39. The van der Waals surface area contributed by atoms with Crippen LogP contribution in [0.4, 0.5) is 0 Å². The molecule has 2 aromatic heterocycles. The Morgan fingerprint density at radius 1 is 1.04 bits per heavy atom. The van der Waals surface area contributed by atoms with E-state index in [1.54, 1.807) is 24.6 Å². The van der Waals surface area contributed by atoms with Gasteiger partial charge < -0.3 is 4.74 Å². The number of thiazole rings is 1. The van der Waals surface area contributed by atoms with Crippen LogP contribution in [0.2, 0.25) is 5.02 Å². The van der Waals surface area contributed by atoms with Crippen molar-refractivity contribution in [3.05, 3.63) is 51.8 Å². The highest BCUT2D eigenvalue weighted by Crippen LogP contribution is 2.37. The quantitative estimate of drug-likeness (QED) is 0.460. The van der Waals surface area contributed by atoms with Gasteiger partial charge >= 0.3 is 0 Å². The predicted molar refractivity (Wildman–Crippen MR) is 108 cm³/mol. The number of aromatic nitrogens is 3. The first kappa shape index (κ1) is 17.3. The minimum absolute atomic E-state index is 0.449. The Morgan fingerprint density at radius 3 is 2.62 bits per heavy atom. The lowest BCUT2D eigenvalue weighted by molar-refractivity contribution is 0.181. The van der Waals surface area contributed by atoms with E-state index in [1.165, 1.54) is 0 Å². The van der Waals surface area contributed by atoms with Crippen LogP contribution in [-0.4, -0.2) is 22.1 Å². The van der Waals surface area contributed by atoms with Crippen LogP contribution in [0.3, 0.4) is 0 Å². The molecule has 0 spiro atoms. The summed E-state index contributed by atoms with van der Waals surface area (Å²) in [5.41, 5.74) is 7.88. The fourth-order valence-corrected chi connectivity index (χ4v) is 4.48. The third-order valence-electron chi connectivity index (χ3n) is 4.55. The van der Waals surface area contributed by atoms with Crippen LogP contribution in [0.15, 0.2) is 24.4 Å². The standard InChI is InChI=1S/C20H18ClN3OS/c1-10-5-14(19-16(6-10)23-13(8-22-19)9-25-4)20-24-18-12(3)11(2)15(21)7-17(18)26-20/h5-8H,9H2,1-4H3. The Hall–Kier alpha value is -2.08. The molecule has 0 amide bonds. The molecule has 0 saturated carbocycles. The van der Waals surface area contributed by atoms with Crippen LogP contribution in [0.5, 0.6) is 0 Å². The van der Waals surface area contributed by atoms with Crippen molar-refractivity contribution in [1.82, 2.24) is 15.0 Å². The van der Waals surface area contributed by atoms with Crippen LogP contribution >= 0.6 is 22.9 Å². The van der Waals surface area contributed by atoms with Crippen molar-refractivity contribution in [2.24, 2.45) is 0 Å². The molecule has 0 fully saturated rings. The zero-order valence-corrected chi connectivity index (χ0v) is 16.6. The van der Waals surface area contributed by atoms with Crippen LogP contribution in [-0.2, 0) is 11.3 Å². The molecule has 0 aliphatic rings. The van der Waals surface area contributed by atoms with Gasteiger partial charge in [-0.2, -0.15) is 0 Å². The van der Waals surface area contributed by atoms with E-state index in [0.717, 1.165) is 59.2 Å². The Bertz CT molecular complexity index is 1150. The number of methoxy groups -OCH3 is 1. The van der Waals surface area contributed by atoms with E-state index >= 15 is 0 Å². The molecule has 0 aliphatic heterocycles. The van der Waals surface area contributed by atoms with Crippen molar-refractivity contribution in [3.8, 4) is 10.6 Å². The minimum Gasteiger partial charge on any atom is -0.378 e. The van der Waals surface area contributed by atoms with Crippen molar-refractivity contribution >= 4 is 44.2 Å². The zero-order chi connectivity index (χ0) is 18.4. The van der Waals surface area contributed by atoms with Gasteiger partial charge in [0.05, 0.1) is 39.7 Å². The number of rotatable bonds is 3. The lowest BCUT2D eigenvalue weighted by Crippen LogP contribution is -1.96. The molecule has 0 radical (unpaired) electrons. The number of aryl methyl sites for hydroxylation is 2. The van der Waals surface area contributed by atoms with Gasteiger partial charge in [0.15, 0.2) is 0 Å². The number of hydrogen-bond donors (Lipinski definition) is 0. The summed E-state index contributed by atoms with van der Waals surface area (Å²) in [6.45, 7) is 6.61. The van der Waals surface area contributed by atoms with Gasteiger partial charge in [0.25, 0.3) is 0 Å². The van der Waals surface area contributed by atoms with Gasteiger partial charge in [-0.15, -0.1) is 11.3 Å². The Balaban J connectivity index is 1.96. The molecule has 0 unspecified atom stereocenters. The van der Waals surface area contributed by atoms with Gasteiger partial charge in [-0.25, -0.2) is 9.97 Å². The highest BCUT2D eigenvalue weighted by Gasteiger charge is 2.16. The number of benzene rings is 2. The van der Waals surface area contributed by atoms with E-state index in [-0.39, 0.29) is 0 Å². The highest BCUT2D eigenvalue weighted by molar-refractivity contribution is 7.21. The molecule has 2 aromatic carbocycles. The van der Waals surface area contributed by atoms with Crippen LogP contribution in [0.1, 0.15) is 22.4 Å². The van der Waals surface area contributed by atoms with Gasteiger partial charge in [-0.3, -0.25) is 4.98 Å². The molecule has 132 valence electrons. The topological polar surface area (TPSA) is 47.9 Å². The van der Waals surface area contributed by atoms with Crippen LogP contribution < -0.4 is 0 Å². The zero-order valence-electron chi connectivity index (χ0n) is 15.1. The van der Waals surface area contributed by atoms with Gasteiger partial charge in [0, 0.05) is 17.7 Å². The largest absolute Gasteiger partial charge is 0.378 e. The Labute approximate surface area is 160 Å². The molecule has 0 atom stereocenters. The van der Waals surface area contributed by atoms with Crippen molar-refractivity contribution < 1.29 is 4.74 Å². The molecule has 4 aromatic rings. The number of halogens is 1. The molecule has 4 rings (SSSR count). The minimum atomic E-state index is 0.449. The number of nitrogens with zero attached hydrogens (tertiary/aromatic N) is 3. The Morgan fingerprint density at radius 2 is 1.85 bits per heavy atom. The van der Waals surface area contributed by atoms with Gasteiger partial charge in [0.2, 0.25) is 0 Å². The fourth-order valence-electron chi connectivity index (χ4n) is 3.08. The molecule has 4 nitrogen and oxygen atoms in total. The first-order valence-electron chi connectivity index (χ1n) is 8.29. The average Bonchev–Trinajstić information content (AvgIpc) is 3.03.